The molecule has 0 aromatic heterocycles. The fraction of sp³-hybridized carbons (Fsp3) is 0.333. The van der Waals surface area contributed by atoms with E-state index < -0.39 is 10.0 Å². The van der Waals surface area contributed by atoms with Gasteiger partial charge in [-0.05, 0) is 24.5 Å². The van der Waals surface area contributed by atoms with E-state index in [1.807, 2.05) is 6.26 Å². The van der Waals surface area contributed by atoms with Gasteiger partial charge in [-0.2, -0.15) is 11.8 Å². The highest BCUT2D eigenvalue weighted by atomic mass is 79.9. The third-order valence-corrected chi connectivity index (χ3v) is 4.49. The van der Waals surface area contributed by atoms with Crippen LogP contribution in [-0.2, 0) is 10.0 Å². The monoisotopic (exact) mass is 324 g/mol. The standard InChI is InChI=1S/C9H13BrN2O2S2/c1-15-5-4-12-16(13,14)9-6-7(10)2-3-8(9)11/h2-3,6,12H,4-5,11H2,1H3. The van der Waals surface area contributed by atoms with Gasteiger partial charge in [-0.3, -0.25) is 0 Å². The van der Waals surface area contributed by atoms with Crippen molar-refractivity contribution in [2.75, 3.05) is 24.3 Å². The van der Waals surface area contributed by atoms with Crippen molar-refractivity contribution in [1.82, 2.24) is 4.72 Å². The van der Waals surface area contributed by atoms with Gasteiger partial charge in [0.1, 0.15) is 4.90 Å². The SMILES string of the molecule is CSCCNS(=O)(=O)c1cc(Br)ccc1N. The lowest BCUT2D eigenvalue weighted by Gasteiger charge is -2.08. The molecule has 1 aromatic carbocycles. The van der Waals surface area contributed by atoms with Crippen molar-refractivity contribution in [2.24, 2.45) is 0 Å². The lowest BCUT2D eigenvalue weighted by atomic mass is 10.3. The molecule has 0 aliphatic carbocycles. The van der Waals surface area contributed by atoms with E-state index in [0.29, 0.717) is 11.0 Å². The topological polar surface area (TPSA) is 72.2 Å². The Labute approximate surface area is 108 Å². The van der Waals surface area contributed by atoms with Crippen LogP contribution in [0.15, 0.2) is 27.6 Å². The molecule has 0 heterocycles. The molecule has 0 aliphatic heterocycles. The third kappa shape index (κ3) is 3.65. The van der Waals surface area contributed by atoms with Crippen LogP contribution >= 0.6 is 27.7 Å². The summed E-state index contributed by atoms with van der Waals surface area (Å²) in [5, 5.41) is 0. The van der Waals surface area contributed by atoms with Crippen molar-refractivity contribution in [3.8, 4) is 0 Å². The maximum Gasteiger partial charge on any atom is 0.242 e. The van der Waals surface area contributed by atoms with Gasteiger partial charge in [-0.15, -0.1) is 0 Å². The first-order chi connectivity index (χ1) is 7.47. The number of benzene rings is 1. The summed E-state index contributed by atoms with van der Waals surface area (Å²) in [4.78, 5) is 0.114. The van der Waals surface area contributed by atoms with Gasteiger partial charge >= 0.3 is 0 Å². The smallest absolute Gasteiger partial charge is 0.242 e. The molecule has 7 heteroatoms. The van der Waals surface area contributed by atoms with E-state index in [1.165, 1.54) is 6.07 Å². The van der Waals surface area contributed by atoms with E-state index in [1.54, 1.807) is 23.9 Å². The van der Waals surface area contributed by atoms with Gasteiger partial charge < -0.3 is 5.73 Å². The Bertz CT molecular complexity index is 463. The normalized spacial score (nSPS) is 11.6. The average molecular weight is 325 g/mol. The largest absolute Gasteiger partial charge is 0.398 e. The van der Waals surface area contributed by atoms with Gasteiger partial charge in [0.15, 0.2) is 0 Å². The highest BCUT2D eigenvalue weighted by Crippen LogP contribution is 2.22. The molecule has 1 aromatic rings. The number of hydrogen-bond donors (Lipinski definition) is 2. The maximum absolute atomic E-state index is 11.9. The molecule has 0 amide bonds. The first-order valence-corrected chi connectivity index (χ1v) is 8.18. The molecule has 0 saturated heterocycles. The van der Waals surface area contributed by atoms with Gasteiger partial charge in [-0.1, -0.05) is 15.9 Å². The first kappa shape index (κ1) is 13.8. The van der Waals surface area contributed by atoms with Crippen molar-refractivity contribution in [1.29, 1.82) is 0 Å². The molecular weight excluding hydrogens is 312 g/mol. The number of halogens is 1. The van der Waals surface area contributed by atoms with Crippen LogP contribution in [0.4, 0.5) is 5.69 Å². The lowest BCUT2D eigenvalue weighted by molar-refractivity contribution is 0.584. The van der Waals surface area contributed by atoms with Gasteiger partial charge in [0.05, 0.1) is 5.69 Å². The Morgan fingerprint density at radius 3 is 2.81 bits per heavy atom. The Morgan fingerprint density at radius 1 is 1.50 bits per heavy atom. The molecule has 90 valence electrons. The van der Waals surface area contributed by atoms with Gasteiger partial charge in [0, 0.05) is 16.8 Å². The van der Waals surface area contributed by atoms with Crippen molar-refractivity contribution in [3.05, 3.63) is 22.7 Å². The number of hydrogen-bond acceptors (Lipinski definition) is 4. The summed E-state index contributed by atoms with van der Waals surface area (Å²) in [6.45, 7) is 0.398. The zero-order valence-electron chi connectivity index (χ0n) is 8.73. The number of nitrogens with two attached hydrogens (primary N) is 1. The second-order valence-corrected chi connectivity index (χ2v) is 6.71. The molecule has 0 saturated carbocycles. The third-order valence-electron chi connectivity index (χ3n) is 1.86. The van der Waals surface area contributed by atoms with Gasteiger partial charge in [0.2, 0.25) is 10.0 Å². The second-order valence-electron chi connectivity index (χ2n) is 3.07. The number of sulfonamides is 1. The van der Waals surface area contributed by atoms with E-state index in [9.17, 15) is 8.42 Å². The van der Waals surface area contributed by atoms with E-state index >= 15 is 0 Å². The minimum Gasteiger partial charge on any atom is -0.398 e. The number of thioether (sulfide) groups is 1. The van der Waals surface area contributed by atoms with E-state index in [2.05, 4.69) is 20.7 Å². The summed E-state index contributed by atoms with van der Waals surface area (Å²) >= 11 is 4.80. The maximum atomic E-state index is 11.9. The molecule has 3 N–H and O–H groups in total. The lowest BCUT2D eigenvalue weighted by Crippen LogP contribution is -2.26. The highest BCUT2D eigenvalue weighted by Gasteiger charge is 2.16. The van der Waals surface area contributed by atoms with Gasteiger partial charge in [-0.25, -0.2) is 13.1 Å². The van der Waals surface area contributed by atoms with E-state index in [-0.39, 0.29) is 10.6 Å². The molecule has 16 heavy (non-hydrogen) atoms. The number of nitrogens with one attached hydrogen (secondary N) is 1. The highest BCUT2D eigenvalue weighted by molar-refractivity contribution is 9.10. The predicted molar refractivity (Wildman–Crippen MR) is 72.1 cm³/mol. The molecule has 0 spiro atoms. The Balaban J connectivity index is 2.93. The quantitative estimate of drug-likeness (QED) is 0.638. The molecule has 4 nitrogen and oxygen atoms in total. The van der Waals surface area contributed by atoms with Crippen molar-refractivity contribution >= 4 is 43.4 Å². The molecule has 0 atom stereocenters. The Hall–Kier alpha value is -0.240. The van der Waals surface area contributed by atoms with Crippen LogP contribution in [-0.4, -0.2) is 27.0 Å². The van der Waals surface area contributed by atoms with Crippen molar-refractivity contribution < 1.29 is 8.42 Å². The molecule has 0 radical (unpaired) electrons. The zero-order chi connectivity index (χ0) is 12.2. The fourth-order valence-electron chi connectivity index (χ4n) is 1.10. The van der Waals surface area contributed by atoms with Crippen LogP contribution in [0, 0.1) is 0 Å². The predicted octanol–water partition coefficient (Wildman–Crippen LogP) is 1.67. The Kier molecular flexibility index (Phi) is 5.10. The summed E-state index contributed by atoms with van der Waals surface area (Å²) in [5.41, 5.74) is 5.88. The average Bonchev–Trinajstić information content (AvgIpc) is 2.22. The molecule has 0 bridgehead atoms. The summed E-state index contributed by atoms with van der Waals surface area (Å²) < 4.78 is 26.9. The summed E-state index contributed by atoms with van der Waals surface area (Å²) in [6, 6.07) is 4.76. The molecule has 0 fully saturated rings. The van der Waals surface area contributed by atoms with Crippen molar-refractivity contribution in [2.45, 2.75) is 4.90 Å². The van der Waals surface area contributed by atoms with Crippen LogP contribution in [0.25, 0.3) is 0 Å². The Morgan fingerprint density at radius 2 is 2.19 bits per heavy atom. The first-order valence-electron chi connectivity index (χ1n) is 4.51. The van der Waals surface area contributed by atoms with E-state index in [4.69, 9.17) is 5.73 Å². The van der Waals surface area contributed by atoms with Crippen LogP contribution < -0.4 is 10.5 Å². The molecule has 0 aliphatic rings. The van der Waals surface area contributed by atoms with Gasteiger partial charge in [0.25, 0.3) is 0 Å². The number of nitrogen functional groups attached to an aromatic ring is 1. The molecule has 1 rings (SSSR count). The minimum absolute atomic E-state index is 0.114. The molecular formula is C9H13BrN2O2S2. The van der Waals surface area contributed by atoms with E-state index in [0.717, 1.165) is 5.75 Å². The number of rotatable bonds is 5. The fourth-order valence-corrected chi connectivity index (χ4v) is 3.23. The molecule has 0 unspecified atom stereocenters. The van der Waals surface area contributed by atoms with Crippen LogP contribution in [0.3, 0.4) is 0 Å². The minimum atomic E-state index is -3.50. The summed E-state index contributed by atoms with van der Waals surface area (Å²) in [5.74, 6) is 0.729. The summed E-state index contributed by atoms with van der Waals surface area (Å²) in [6.07, 6.45) is 1.92. The van der Waals surface area contributed by atoms with Crippen LogP contribution in [0.5, 0.6) is 0 Å². The van der Waals surface area contributed by atoms with Crippen LogP contribution in [0.1, 0.15) is 0 Å². The summed E-state index contributed by atoms with van der Waals surface area (Å²) in [7, 11) is -3.50. The number of anilines is 1. The van der Waals surface area contributed by atoms with Crippen molar-refractivity contribution in [3.63, 3.8) is 0 Å². The second kappa shape index (κ2) is 5.90. The van der Waals surface area contributed by atoms with Crippen LogP contribution in [0.2, 0.25) is 0 Å². The zero-order valence-corrected chi connectivity index (χ0v) is 12.0.